The molecule has 2 aliphatic carbocycles. The van der Waals surface area contributed by atoms with Crippen LogP contribution in [0.25, 0.3) is 72.0 Å². The van der Waals surface area contributed by atoms with Gasteiger partial charge in [-0.3, -0.25) is 0 Å². The normalized spacial score (nSPS) is 16.5. The first-order chi connectivity index (χ1) is 44.8. The Hall–Kier alpha value is -9.12. The van der Waals surface area contributed by atoms with Crippen LogP contribution in [-0.2, 0) is 32.5 Å². The molecule has 0 atom stereocenters. The van der Waals surface area contributed by atoms with E-state index in [4.69, 9.17) is 0 Å². The summed E-state index contributed by atoms with van der Waals surface area (Å²) in [4.78, 5) is 5.22. The predicted molar refractivity (Wildman–Crippen MR) is 405 cm³/mol. The maximum atomic E-state index is 2.63. The van der Waals surface area contributed by atoms with E-state index in [-0.39, 0.29) is 39.2 Å². The number of para-hydroxylation sites is 1. The molecule has 0 fully saturated rings. The topological polar surface area (TPSA) is 11.4 Å². The first kappa shape index (κ1) is 59.9. The average molecular weight is 1220 g/mol. The molecule has 0 bridgehead atoms. The van der Waals surface area contributed by atoms with E-state index in [2.05, 4.69) is 342 Å². The second kappa shape index (κ2) is 21.2. The van der Waals surface area contributed by atoms with Gasteiger partial charge in [0.15, 0.2) is 0 Å². The van der Waals surface area contributed by atoms with Crippen molar-refractivity contribution in [3.63, 3.8) is 0 Å². The molecule has 4 aliphatic rings. The van der Waals surface area contributed by atoms with Crippen molar-refractivity contribution in [3.8, 4) is 50.2 Å². The second-order valence-electron chi connectivity index (χ2n) is 32.7. The van der Waals surface area contributed by atoms with Crippen LogP contribution in [0.3, 0.4) is 0 Å². The van der Waals surface area contributed by atoms with Crippen LogP contribution in [0.2, 0.25) is 0 Å². The van der Waals surface area contributed by atoms with Crippen LogP contribution in [0.1, 0.15) is 156 Å². The van der Waals surface area contributed by atoms with Crippen LogP contribution in [0.5, 0.6) is 0 Å². The molecule has 0 N–H and O–H groups in total. The van der Waals surface area contributed by atoms with Gasteiger partial charge in [-0.25, -0.2) is 0 Å². The van der Waals surface area contributed by atoms with Gasteiger partial charge in [0.25, 0.3) is 6.71 Å². The SMILES string of the molecule is CC(C)(C)c1ccc(-c2cc3c4c(c2)N(c2ccc(-c5ccc6c(c5)C(C)(C)CCC6(C)C)cc2)c2cc(-n5c6ccccc6c6cc(C(C)(C)C)ccc65)ccc2B4c2cc(-c4ccccc4)ccc2N3c2ccc(-c3ccc4c(c3)C(C)(C)CCC4(C)C)cc2)cc1. The lowest BCUT2D eigenvalue weighted by Crippen LogP contribution is -2.61. The second-order valence-corrected chi connectivity index (χ2v) is 32.7. The van der Waals surface area contributed by atoms with Gasteiger partial charge in [-0.15, -0.1) is 0 Å². The molecule has 1 aromatic heterocycles. The van der Waals surface area contributed by atoms with Crippen LogP contribution in [0.4, 0.5) is 34.1 Å². The maximum Gasteiger partial charge on any atom is 0.252 e. The standard InChI is InChI=1S/C90H88BN3/c1-85(2,3)65-33-24-60(25-34-65)64-53-82-84-83(54-64)93(68-38-28-59(29-39-68)62-31-42-73-75(51-62)90(13,14)49-47-88(73,9)10)81-56-69(94-78-23-19-18-22-70(78)71-55-66(86(4,5)6)35-45-79(71)94)40-43-76(81)91(84)77-52-63(57-20-16-15-17-21-57)32-44-80(77)92(82)67-36-26-58(27-37-67)61-30-41-72-74(50-61)89(11,12)48-46-87(72,7)8/h15-45,50-56H,46-49H2,1-14H3. The first-order valence-corrected chi connectivity index (χ1v) is 34.6. The Bertz CT molecular complexity index is 5020. The van der Waals surface area contributed by atoms with E-state index < -0.39 is 0 Å². The number of rotatable bonds is 7. The number of hydrogen-bond acceptors (Lipinski definition) is 2. The zero-order valence-electron chi connectivity index (χ0n) is 57.7. The van der Waals surface area contributed by atoms with Crippen molar-refractivity contribution in [1.29, 1.82) is 0 Å². The zero-order chi connectivity index (χ0) is 65.2. The Morgan fingerprint density at radius 2 is 0.734 bits per heavy atom. The molecule has 2 aliphatic heterocycles. The van der Waals surface area contributed by atoms with Crippen LogP contribution < -0.4 is 26.2 Å². The summed E-state index contributed by atoms with van der Waals surface area (Å²) in [5, 5.41) is 2.54. The number of benzene rings is 11. The van der Waals surface area contributed by atoms with E-state index >= 15 is 0 Å². The van der Waals surface area contributed by atoms with Gasteiger partial charge in [0.1, 0.15) is 0 Å². The molecule has 0 saturated carbocycles. The lowest BCUT2D eigenvalue weighted by atomic mass is 9.33. The molecule has 4 heteroatoms. The summed E-state index contributed by atoms with van der Waals surface area (Å²) in [6.45, 7) is 33.2. The fourth-order valence-corrected chi connectivity index (χ4v) is 16.7. The molecule has 12 aromatic rings. The molecule has 3 heterocycles. The summed E-state index contributed by atoms with van der Waals surface area (Å²) in [6, 6.07) is 90.0. The maximum absolute atomic E-state index is 2.63. The van der Waals surface area contributed by atoms with E-state index in [1.54, 1.807) is 0 Å². The summed E-state index contributed by atoms with van der Waals surface area (Å²) in [5.41, 5.74) is 33.3. The van der Waals surface area contributed by atoms with E-state index in [1.165, 1.54) is 165 Å². The Morgan fingerprint density at radius 1 is 0.298 bits per heavy atom. The van der Waals surface area contributed by atoms with E-state index in [1.807, 2.05) is 0 Å². The highest BCUT2D eigenvalue weighted by Crippen LogP contribution is 2.52. The molecule has 0 unspecified atom stereocenters. The van der Waals surface area contributed by atoms with E-state index in [0.29, 0.717) is 0 Å². The summed E-state index contributed by atoms with van der Waals surface area (Å²) >= 11 is 0. The van der Waals surface area contributed by atoms with Gasteiger partial charge in [0, 0.05) is 50.6 Å². The molecule has 0 spiro atoms. The number of anilines is 6. The van der Waals surface area contributed by atoms with Crippen molar-refractivity contribution in [3.05, 3.63) is 264 Å². The minimum Gasteiger partial charge on any atom is -0.311 e. The Labute approximate surface area is 559 Å². The van der Waals surface area contributed by atoms with Crippen molar-refractivity contribution in [2.24, 2.45) is 0 Å². The highest BCUT2D eigenvalue weighted by Gasteiger charge is 2.45. The molecular weight excluding hydrogens is 1130 g/mol. The summed E-state index contributed by atoms with van der Waals surface area (Å²) < 4.78 is 2.52. The Morgan fingerprint density at radius 3 is 1.30 bits per heavy atom. The third kappa shape index (κ3) is 9.74. The summed E-state index contributed by atoms with van der Waals surface area (Å²) in [7, 11) is 0. The van der Waals surface area contributed by atoms with E-state index in [0.717, 1.165) is 17.1 Å². The first-order valence-electron chi connectivity index (χ1n) is 34.6. The molecule has 0 radical (unpaired) electrons. The van der Waals surface area contributed by atoms with Crippen molar-refractivity contribution in [1.82, 2.24) is 4.57 Å². The third-order valence-electron chi connectivity index (χ3n) is 22.7. The van der Waals surface area contributed by atoms with Gasteiger partial charge in [-0.1, -0.05) is 255 Å². The van der Waals surface area contributed by atoms with Gasteiger partial charge in [-0.05, 0) is 225 Å². The molecule has 11 aromatic carbocycles. The quantitative estimate of drug-likeness (QED) is 0.147. The summed E-state index contributed by atoms with van der Waals surface area (Å²) in [6.07, 6.45) is 4.75. The number of nitrogens with zero attached hydrogens (tertiary/aromatic N) is 3. The fourth-order valence-electron chi connectivity index (χ4n) is 16.7. The van der Waals surface area contributed by atoms with Crippen LogP contribution in [-0.4, -0.2) is 11.3 Å². The van der Waals surface area contributed by atoms with Crippen molar-refractivity contribution >= 4 is 79.0 Å². The molecule has 3 nitrogen and oxygen atoms in total. The lowest BCUT2D eigenvalue weighted by molar-refractivity contribution is 0.332. The van der Waals surface area contributed by atoms with Crippen molar-refractivity contribution < 1.29 is 0 Å². The van der Waals surface area contributed by atoms with E-state index in [9.17, 15) is 0 Å². The van der Waals surface area contributed by atoms with Gasteiger partial charge >= 0.3 is 0 Å². The fraction of sp³-hybridized carbons (Fsp3) is 0.267. The molecular formula is C90H88BN3. The van der Waals surface area contributed by atoms with Crippen molar-refractivity contribution in [2.75, 3.05) is 9.80 Å². The monoisotopic (exact) mass is 1220 g/mol. The highest BCUT2D eigenvalue weighted by molar-refractivity contribution is 7.00. The minimum atomic E-state index is -0.116. The molecule has 466 valence electrons. The van der Waals surface area contributed by atoms with Crippen molar-refractivity contribution in [2.45, 2.75) is 155 Å². The Kier molecular flexibility index (Phi) is 13.5. The minimum absolute atomic E-state index is 0.000672. The van der Waals surface area contributed by atoms with Gasteiger partial charge in [-0.2, -0.15) is 0 Å². The number of hydrogen-bond donors (Lipinski definition) is 0. The zero-order valence-corrected chi connectivity index (χ0v) is 57.7. The van der Waals surface area contributed by atoms with Crippen LogP contribution >= 0.6 is 0 Å². The highest BCUT2D eigenvalue weighted by atomic mass is 15.2. The largest absolute Gasteiger partial charge is 0.311 e. The van der Waals surface area contributed by atoms with Gasteiger partial charge in [0.05, 0.1) is 11.0 Å². The number of fused-ring (bicyclic) bond motifs is 9. The smallest absolute Gasteiger partial charge is 0.252 e. The Balaban J connectivity index is 0.950. The lowest BCUT2D eigenvalue weighted by Gasteiger charge is -2.44. The molecule has 16 rings (SSSR count). The van der Waals surface area contributed by atoms with Gasteiger partial charge < -0.3 is 14.4 Å². The molecule has 94 heavy (non-hydrogen) atoms. The number of aromatic nitrogens is 1. The third-order valence-corrected chi connectivity index (χ3v) is 22.7. The molecule has 0 saturated heterocycles. The summed E-state index contributed by atoms with van der Waals surface area (Å²) in [5.74, 6) is 0. The van der Waals surface area contributed by atoms with Crippen LogP contribution in [0.15, 0.2) is 231 Å². The predicted octanol–water partition coefficient (Wildman–Crippen LogP) is 22.8. The average Bonchev–Trinajstić information content (AvgIpc) is 0.716. The van der Waals surface area contributed by atoms with Crippen LogP contribution in [0, 0.1) is 0 Å². The van der Waals surface area contributed by atoms with Gasteiger partial charge in [0.2, 0.25) is 0 Å². The molecule has 0 amide bonds.